The highest BCUT2D eigenvalue weighted by atomic mass is 19.1. The molecule has 19 heavy (non-hydrogen) atoms. The summed E-state index contributed by atoms with van der Waals surface area (Å²) in [6, 6.07) is 8.25. The van der Waals surface area contributed by atoms with E-state index in [2.05, 4.69) is 10.3 Å². The molecule has 1 N–H and O–H groups in total. The van der Waals surface area contributed by atoms with Crippen LogP contribution in [0.1, 0.15) is 16.1 Å². The van der Waals surface area contributed by atoms with Crippen LogP contribution in [0.15, 0.2) is 42.6 Å². The van der Waals surface area contributed by atoms with E-state index < -0.39 is 17.5 Å². The lowest BCUT2D eigenvalue weighted by Crippen LogP contribution is -2.26. The molecule has 0 unspecified atom stereocenters. The minimum Gasteiger partial charge on any atom is -0.352 e. The van der Waals surface area contributed by atoms with Gasteiger partial charge in [0.25, 0.3) is 5.91 Å². The molecule has 1 amide bonds. The third-order valence-corrected chi connectivity index (χ3v) is 2.57. The van der Waals surface area contributed by atoms with Crippen molar-refractivity contribution in [2.45, 2.75) is 6.42 Å². The molecule has 3 nitrogen and oxygen atoms in total. The van der Waals surface area contributed by atoms with Gasteiger partial charge >= 0.3 is 0 Å². The molecule has 2 aromatic rings. The topological polar surface area (TPSA) is 42.0 Å². The second-order valence-corrected chi connectivity index (χ2v) is 3.95. The molecular formula is C14H12F2N2O. The van der Waals surface area contributed by atoms with Crippen molar-refractivity contribution in [1.29, 1.82) is 0 Å². The molecule has 1 aromatic heterocycles. The molecule has 98 valence electrons. The Kier molecular flexibility index (Phi) is 4.18. The third kappa shape index (κ3) is 3.58. The summed E-state index contributed by atoms with van der Waals surface area (Å²) >= 11 is 0. The number of benzene rings is 1. The second-order valence-electron chi connectivity index (χ2n) is 3.95. The molecule has 2 rings (SSSR count). The van der Waals surface area contributed by atoms with Crippen molar-refractivity contribution in [1.82, 2.24) is 10.3 Å². The van der Waals surface area contributed by atoms with Crippen LogP contribution in [0.25, 0.3) is 0 Å². The third-order valence-electron chi connectivity index (χ3n) is 2.57. The van der Waals surface area contributed by atoms with E-state index in [0.29, 0.717) is 13.0 Å². The lowest BCUT2D eigenvalue weighted by atomic mass is 10.2. The number of pyridine rings is 1. The lowest BCUT2D eigenvalue weighted by Gasteiger charge is -2.06. The van der Waals surface area contributed by atoms with Crippen molar-refractivity contribution in [2.24, 2.45) is 0 Å². The molecule has 0 radical (unpaired) electrons. The van der Waals surface area contributed by atoms with E-state index in [9.17, 15) is 13.6 Å². The van der Waals surface area contributed by atoms with Crippen LogP contribution < -0.4 is 5.32 Å². The molecule has 1 aromatic carbocycles. The molecule has 0 spiro atoms. The summed E-state index contributed by atoms with van der Waals surface area (Å²) in [7, 11) is 0. The van der Waals surface area contributed by atoms with Crippen molar-refractivity contribution >= 4 is 5.91 Å². The minimum absolute atomic E-state index is 0.291. The van der Waals surface area contributed by atoms with Gasteiger partial charge in [-0.3, -0.25) is 9.78 Å². The predicted octanol–water partition coefficient (Wildman–Crippen LogP) is 2.33. The Morgan fingerprint density at radius 1 is 1.21 bits per heavy atom. The molecule has 0 saturated heterocycles. The smallest absolute Gasteiger partial charge is 0.254 e. The van der Waals surface area contributed by atoms with E-state index in [4.69, 9.17) is 0 Å². The van der Waals surface area contributed by atoms with E-state index in [0.717, 1.165) is 23.9 Å². The summed E-state index contributed by atoms with van der Waals surface area (Å²) in [4.78, 5) is 15.8. The van der Waals surface area contributed by atoms with Gasteiger partial charge in [-0.05, 0) is 30.3 Å². The van der Waals surface area contributed by atoms with Crippen LogP contribution >= 0.6 is 0 Å². The van der Waals surface area contributed by atoms with Crippen molar-refractivity contribution in [2.75, 3.05) is 6.54 Å². The van der Waals surface area contributed by atoms with Crippen LogP contribution in [0.5, 0.6) is 0 Å². The maximum absolute atomic E-state index is 13.3. The van der Waals surface area contributed by atoms with Gasteiger partial charge in [-0.25, -0.2) is 8.78 Å². The van der Waals surface area contributed by atoms with Gasteiger partial charge < -0.3 is 5.32 Å². The molecule has 0 fully saturated rings. The molecule has 0 saturated carbocycles. The first-order valence-electron chi connectivity index (χ1n) is 5.80. The molecule has 0 aliphatic carbocycles. The highest BCUT2D eigenvalue weighted by Gasteiger charge is 2.12. The Morgan fingerprint density at radius 3 is 2.79 bits per heavy atom. The van der Waals surface area contributed by atoms with E-state index in [-0.39, 0.29) is 5.56 Å². The molecule has 0 aliphatic heterocycles. The van der Waals surface area contributed by atoms with Crippen molar-refractivity contribution in [3.63, 3.8) is 0 Å². The summed E-state index contributed by atoms with van der Waals surface area (Å²) in [5.41, 5.74) is 0.531. The monoisotopic (exact) mass is 262 g/mol. The fourth-order valence-corrected chi connectivity index (χ4v) is 1.62. The zero-order chi connectivity index (χ0) is 13.7. The first-order chi connectivity index (χ1) is 9.16. The number of nitrogens with one attached hydrogen (secondary N) is 1. The van der Waals surface area contributed by atoms with Crippen LogP contribution in [0.3, 0.4) is 0 Å². The molecule has 5 heteroatoms. The first kappa shape index (κ1) is 13.1. The number of carbonyl (C=O) groups excluding carboxylic acids is 1. The lowest BCUT2D eigenvalue weighted by molar-refractivity contribution is 0.0949. The van der Waals surface area contributed by atoms with Gasteiger partial charge in [0.15, 0.2) is 0 Å². The number of rotatable bonds is 4. The number of hydrogen-bond acceptors (Lipinski definition) is 2. The van der Waals surface area contributed by atoms with Crippen LogP contribution in [0.2, 0.25) is 0 Å². The number of hydrogen-bond donors (Lipinski definition) is 1. The molecular weight excluding hydrogens is 250 g/mol. The van der Waals surface area contributed by atoms with Gasteiger partial charge in [0.1, 0.15) is 11.6 Å². The Morgan fingerprint density at radius 2 is 2.05 bits per heavy atom. The Bertz CT molecular complexity index is 573. The zero-order valence-corrected chi connectivity index (χ0v) is 10.1. The maximum Gasteiger partial charge on any atom is 0.254 e. The van der Waals surface area contributed by atoms with Crippen molar-refractivity contribution < 1.29 is 13.6 Å². The standard InChI is InChI=1S/C14H12F2N2O/c15-10-4-5-13(16)12(9-10)14(19)18-8-6-11-3-1-2-7-17-11/h1-5,7,9H,6,8H2,(H,18,19). The highest BCUT2D eigenvalue weighted by molar-refractivity contribution is 5.94. The van der Waals surface area contributed by atoms with Gasteiger partial charge in [0.2, 0.25) is 0 Å². The summed E-state index contributed by atoms with van der Waals surface area (Å²) in [5.74, 6) is -2.01. The van der Waals surface area contributed by atoms with Gasteiger partial charge in [0, 0.05) is 24.9 Å². The van der Waals surface area contributed by atoms with Gasteiger partial charge in [-0.15, -0.1) is 0 Å². The Hall–Kier alpha value is -2.30. The summed E-state index contributed by atoms with van der Waals surface area (Å²) in [6.07, 6.45) is 2.19. The predicted molar refractivity (Wildman–Crippen MR) is 66.6 cm³/mol. The number of halogens is 2. The first-order valence-corrected chi connectivity index (χ1v) is 5.80. The van der Waals surface area contributed by atoms with Gasteiger partial charge in [-0.1, -0.05) is 6.07 Å². The zero-order valence-electron chi connectivity index (χ0n) is 10.1. The summed E-state index contributed by atoms with van der Waals surface area (Å²) in [5, 5.41) is 2.53. The fraction of sp³-hybridized carbons (Fsp3) is 0.143. The SMILES string of the molecule is O=C(NCCc1ccccn1)c1cc(F)ccc1F. The van der Waals surface area contributed by atoms with Crippen molar-refractivity contribution in [3.8, 4) is 0 Å². The van der Waals surface area contributed by atoms with Crippen LogP contribution in [-0.4, -0.2) is 17.4 Å². The van der Waals surface area contributed by atoms with Crippen LogP contribution in [0, 0.1) is 11.6 Å². The van der Waals surface area contributed by atoms with Crippen LogP contribution in [-0.2, 0) is 6.42 Å². The van der Waals surface area contributed by atoms with Gasteiger partial charge in [0.05, 0.1) is 5.56 Å². The van der Waals surface area contributed by atoms with Crippen LogP contribution in [0.4, 0.5) is 8.78 Å². The number of nitrogens with zero attached hydrogens (tertiary/aromatic N) is 1. The van der Waals surface area contributed by atoms with E-state index in [1.54, 1.807) is 12.3 Å². The van der Waals surface area contributed by atoms with Crippen molar-refractivity contribution in [3.05, 3.63) is 65.5 Å². The fourth-order valence-electron chi connectivity index (χ4n) is 1.62. The number of aromatic nitrogens is 1. The Labute approximate surface area is 109 Å². The molecule has 1 heterocycles. The van der Waals surface area contributed by atoms with E-state index in [1.165, 1.54) is 0 Å². The number of carbonyl (C=O) groups is 1. The molecule has 0 aliphatic rings. The highest BCUT2D eigenvalue weighted by Crippen LogP contribution is 2.09. The average molecular weight is 262 g/mol. The van der Waals surface area contributed by atoms with E-state index >= 15 is 0 Å². The minimum atomic E-state index is -0.739. The van der Waals surface area contributed by atoms with E-state index in [1.807, 2.05) is 12.1 Å². The van der Waals surface area contributed by atoms with Gasteiger partial charge in [-0.2, -0.15) is 0 Å². The largest absolute Gasteiger partial charge is 0.352 e. The molecule has 0 atom stereocenters. The maximum atomic E-state index is 13.3. The Balaban J connectivity index is 1.93. The number of amides is 1. The summed E-state index contributed by atoms with van der Waals surface area (Å²) < 4.78 is 26.3. The molecule has 0 bridgehead atoms. The quantitative estimate of drug-likeness (QED) is 0.918. The summed E-state index contributed by atoms with van der Waals surface area (Å²) in [6.45, 7) is 0.311. The average Bonchev–Trinajstić information content (AvgIpc) is 2.42. The normalized spacial score (nSPS) is 10.2. The second kappa shape index (κ2) is 6.04.